The van der Waals surface area contributed by atoms with Crippen LogP contribution in [0.4, 0.5) is 11.5 Å². The van der Waals surface area contributed by atoms with Crippen LogP contribution in [0.15, 0.2) is 47.1 Å². The largest absolute Gasteiger partial charge is 0.381 e. The Bertz CT molecular complexity index is 774. The first-order chi connectivity index (χ1) is 13.0. The van der Waals surface area contributed by atoms with Crippen LogP contribution in [0.5, 0.6) is 0 Å². The molecule has 0 aliphatic carbocycles. The van der Waals surface area contributed by atoms with Gasteiger partial charge in [-0.3, -0.25) is 4.79 Å². The molecule has 3 rings (SSSR count). The van der Waals surface area contributed by atoms with Gasteiger partial charge in [-0.15, -0.1) is 0 Å². The van der Waals surface area contributed by atoms with Crippen LogP contribution in [0.25, 0.3) is 0 Å². The number of hydrogen-bond donors (Lipinski definition) is 2. The van der Waals surface area contributed by atoms with Crippen LogP contribution >= 0.6 is 15.9 Å². The molecule has 1 aromatic carbocycles. The van der Waals surface area contributed by atoms with Gasteiger partial charge in [0, 0.05) is 41.7 Å². The number of nitrogens with one attached hydrogen (secondary N) is 2. The first kappa shape index (κ1) is 19.8. The maximum Gasteiger partial charge on any atom is 0.259 e. The van der Waals surface area contributed by atoms with Gasteiger partial charge in [0.25, 0.3) is 5.91 Å². The molecule has 0 spiro atoms. The molecule has 0 unspecified atom stereocenters. The fraction of sp³-hybridized carbons (Fsp3) is 0.400. The summed E-state index contributed by atoms with van der Waals surface area (Å²) in [5.74, 6) is 0.415. The van der Waals surface area contributed by atoms with Gasteiger partial charge in [-0.05, 0) is 63.3 Å². The zero-order valence-corrected chi connectivity index (χ0v) is 17.3. The maximum atomic E-state index is 12.8. The van der Waals surface area contributed by atoms with Crippen molar-refractivity contribution in [2.75, 3.05) is 44.5 Å². The molecule has 1 aliphatic rings. The van der Waals surface area contributed by atoms with E-state index < -0.39 is 0 Å². The lowest BCUT2D eigenvalue weighted by Gasteiger charge is -2.43. The van der Waals surface area contributed by atoms with Gasteiger partial charge in [-0.2, -0.15) is 0 Å². The highest BCUT2D eigenvalue weighted by Gasteiger charge is 2.35. The topological polar surface area (TPSA) is 66.5 Å². The monoisotopic (exact) mass is 432 g/mol. The van der Waals surface area contributed by atoms with Crippen LogP contribution in [-0.2, 0) is 4.74 Å². The molecular formula is C20H25BrN4O2. The third-order valence-corrected chi connectivity index (χ3v) is 5.64. The van der Waals surface area contributed by atoms with Crippen molar-refractivity contribution in [3.63, 3.8) is 0 Å². The summed E-state index contributed by atoms with van der Waals surface area (Å²) in [5, 5.41) is 6.33. The molecule has 0 saturated carbocycles. The van der Waals surface area contributed by atoms with Crippen LogP contribution in [-0.4, -0.2) is 55.2 Å². The molecule has 2 aromatic rings. The molecule has 0 atom stereocenters. The van der Waals surface area contributed by atoms with E-state index in [0.29, 0.717) is 17.9 Å². The SMILES string of the molecule is CN(C)C1(CNc2ncccc2C(=O)Nc2ccc(Br)cc2)CCOCC1. The molecular weight excluding hydrogens is 408 g/mol. The van der Waals surface area contributed by atoms with Gasteiger partial charge >= 0.3 is 0 Å². The highest BCUT2D eigenvalue weighted by molar-refractivity contribution is 9.10. The van der Waals surface area contributed by atoms with E-state index in [9.17, 15) is 4.79 Å². The van der Waals surface area contributed by atoms with E-state index in [2.05, 4.69) is 50.5 Å². The number of rotatable bonds is 6. The first-order valence-corrected chi connectivity index (χ1v) is 9.80. The molecule has 2 heterocycles. The molecule has 1 amide bonds. The van der Waals surface area contributed by atoms with Crippen molar-refractivity contribution >= 4 is 33.3 Å². The second kappa shape index (κ2) is 8.82. The number of hydrogen-bond acceptors (Lipinski definition) is 5. The Balaban J connectivity index is 1.73. The van der Waals surface area contributed by atoms with E-state index in [1.807, 2.05) is 24.3 Å². The number of anilines is 2. The van der Waals surface area contributed by atoms with Crippen LogP contribution in [0.3, 0.4) is 0 Å². The Morgan fingerprint density at radius 2 is 1.93 bits per heavy atom. The van der Waals surface area contributed by atoms with Crippen LogP contribution in [0, 0.1) is 0 Å². The van der Waals surface area contributed by atoms with E-state index in [-0.39, 0.29) is 11.4 Å². The second-order valence-electron chi connectivity index (χ2n) is 6.95. The van der Waals surface area contributed by atoms with Crippen molar-refractivity contribution in [2.45, 2.75) is 18.4 Å². The molecule has 0 radical (unpaired) electrons. The predicted octanol–water partition coefficient (Wildman–Crippen LogP) is 3.62. The Hall–Kier alpha value is -1.96. The number of pyridine rings is 1. The lowest BCUT2D eigenvalue weighted by atomic mass is 9.88. The summed E-state index contributed by atoms with van der Waals surface area (Å²) in [6, 6.07) is 11.1. The number of halogens is 1. The van der Waals surface area contributed by atoms with Crippen molar-refractivity contribution in [1.82, 2.24) is 9.88 Å². The molecule has 27 heavy (non-hydrogen) atoms. The number of nitrogens with zero attached hydrogens (tertiary/aromatic N) is 2. The molecule has 7 heteroatoms. The van der Waals surface area contributed by atoms with Gasteiger partial charge < -0.3 is 20.3 Å². The third-order valence-electron chi connectivity index (χ3n) is 5.11. The minimum atomic E-state index is -0.182. The van der Waals surface area contributed by atoms with Gasteiger partial charge in [0.05, 0.1) is 5.56 Å². The molecule has 1 aliphatic heterocycles. The fourth-order valence-electron chi connectivity index (χ4n) is 3.24. The molecule has 0 bridgehead atoms. The average Bonchev–Trinajstić information content (AvgIpc) is 2.69. The van der Waals surface area contributed by atoms with Gasteiger partial charge in [0.2, 0.25) is 0 Å². The Morgan fingerprint density at radius 3 is 2.59 bits per heavy atom. The zero-order valence-electron chi connectivity index (χ0n) is 15.7. The number of carbonyl (C=O) groups excluding carboxylic acids is 1. The maximum absolute atomic E-state index is 12.8. The van der Waals surface area contributed by atoms with E-state index in [1.54, 1.807) is 18.3 Å². The lowest BCUT2D eigenvalue weighted by molar-refractivity contribution is -0.000674. The van der Waals surface area contributed by atoms with Gasteiger partial charge in [-0.25, -0.2) is 4.98 Å². The lowest BCUT2D eigenvalue weighted by Crippen LogP contribution is -2.53. The number of aromatic nitrogens is 1. The normalized spacial score (nSPS) is 16.1. The van der Waals surface area contributed by atoms with Crippen molar-refractivity contribution in [3.8, 4) is 0 Å². The van der Waals surface area contributed by atoms with Crippen molar-refractivity contribution in [2.24, 2.45) is 0 Å². The van der Waals surface area contributed by atoms with E-state index >= 15 is 0 Å². The zero-order chi connectivity index (χ0) is 19.3. The Labute approximate surface area is 168 Å². The number of carbonyl (C=O) groups is 1. The fourth-order valence-corrected chi connectivity index (χ4v) is 3.51. The minimum Gasteiger partial charge on any atom is -0.381 e. The van der Waals surface area contributed by atoms with E-state index in [4.69, 9.17) is 4.74 Å². The molecule has 1 fully saturated rings. The number of ether oxygens (including phenoxy) is 1. The summed E-state index contributed by atoms with van der Waals surface area (Å²) in [7, 11) is 4.18. The summed E-state index contributed by atoms with van der Waals surface area (Å²) in [5.41, 5.74) is 1.27. The smallest absolute Gasteiger partial charge is 0.259 e. The Kier molecular flexibility index (Phi) is 6.46. The molecule has 144 valence electrons. The minimum absolute atomic E-state index is 0.00474. The highest BCUT2D eigenvalue weighted by Crippen LogP contribution is 2.27. The van der Waals surface area contributed by atoms with Crippen LogP contribution < -0.4 is 10.6 Å². The predicted molar refractivity (Wildman–Crippen MR) is 111 cm³/mol. The summed E-state index contributed by atoms with van der Waals surface area (Å²) >= 11 is 3.40. The van der Waals surface area contributed by atoms with Crippen LogP contribution in [0.1, 0.15) is 23.2 Å². The summed E-state index contributed by atoms with van der Waals surface area (Å²) in [4.78, 5) is 19.4. The van der Waals surface area contributed by atoms with E-state index in [0.717, 1.165) is 36.2 Å². The average molecular weight is 433 g/mol. The summed E-state index contributed by atoms with van der Waals surface area (Å²) in [6.45, 7) is 2.21. The standard InChI is InChI=1S/C20H25BrN4O2/c1-25(2)20(9-12-27-13-10-20)14-23-18-17(4-3-11-22-18)19(26)24-16-7-5-15(21)6-8-16/h3-8,11H,9-10,12-14H2,1-2H3,(H,22,23)(H,24,26). The molecule has 2 N–H and O–H groups in total. The molecule has 6 nitrogen and oxygen atoms in total. The number of amides is 1. The van der Waals surface area contributed by atoms with Gasteiger partial charge in [-0.1, -0.05) is 15.9 Å². The third kappa shape index (κ3) is 4.86. The quantitative estimate of drug-likeness (QED) is 0.729. The van der Waals surface area contributed by atoms with Gasteiger partial charge in [0.1, 0.15) is 5.82 Å². The van der Waals surface area contributed by atoms with Crippen molar-refractivity contribution < 1.29 is 9.53 Å². The molecule has 1 aromatic heterocycles. The molecule has 1 saturated heterocycles. The van der Waals surface area contributed by atoms with Crippen molar-refractivity contribution in [1.29, 1.82) is 0 Å². The second-order valence-corrected chi connectivity index (χ2v) is 7.86. The van der Waals surface area contributed by atoms with Crippen LogP contribution in [0.2, 0.25) is 0 Å². The van der Waals surface area contributed by atoms with Crippen molar-refractivity contribution in [3.05, 3.63) is 52.6 Å². The summed E-state index contributed by atoms with van der Waals surface area (Å²) < 4.78 is 6.49. The Morgan fingerprint density at radius 1 is 1.22 bits per heavy atom. The van der Waals surface area contributed by atoms with Gasteiger partial charge in [0.15, 0.2) is 0 Å². The number of likely N-dealkylation sites (N-methyl/N-ethyl adjacent to an activating group) is 1. The number of benzene rings is 1. The highest BCUT2D eigenvalue weighted by atomic mass is 79.9. The summed E-state index contributed by atoms with van der Waals surface area (Å²) in [6.07, 6.45) is 3.59. The first-order valence-electron chi connectivity index (χ1n) is 9.01. The van der Waals surface area contributed by atoms with E-state index in [1.165, 1.54) is 0 Å².